The number of rotatable bonds is 7. The molecule has 0 aliphatic rings. The quantitative estimate of drug-likeness (QED) is 0.838. The van der Waals surface area contributed by atoms with E-state index in [4.69, 9.17) is 0 Å². The zero-order valence-electron chi connectivity index (χ0n) is 12.0. The summed E-state index contributed by atoms with van der Waals surface area (Å²) in [4.78, 5) is 1.37. The standard InChI is InChI=1S/C15H23N3S/c1-4-9-16-15(14-8-7-10-19-14)13-11-12(5-2)17-18(13)6-3/h7-8,10-11,15-16H,4-6,9H2,1-3H3. The summed E-state index contributed by atoms with van der Waals surface area (Å²) in [6, 6.07) is 6.84. The predicted molar refractivity (Wildman–Crippen MR) is 81.7 cm³/mol. The summed E-state index contributed by atoms with van der Waals surface area (Å²) in [5.74, 6) is 0. The lowest BCUT2D eigenvalue weighted by Crippen LogP contribution is -2.25. The van der Waals surface area contributed by atoms with E-state index >= 15 is 0 Å². The van der Waals surface area contributed by atoms with Gasteiger partial charge in [-0.2, -0.15) is 5.10 Å². The Morgan fingerprint density at radius 3 is 2.79 bits per heavy atom. The van der Waals surface area contributed by atoms with Gasteiger partial charge in [0.05, 0.1) is 17.4 Å². The van der Waals surface area contributed by atoms with Gasteiger partial charge in [-0.3, -0.25) is 4.68 Å². The zero-order chi connectivity index (χ0) is 13.7. The molecule has 0 fully saturated rings. The first kappa shape index (κ1) is 14.3. The minimum atomic E-state index is 0.271. The van der Waals surface area contributed by atoms with Crippen LogP contribution < -0.4 is 5.32 Å². The van der Waals surface area contributed by atoms with Crippen LogP contribution in [0.4, 0.5) is 0 Å². The third-order valence-electron chi connectivity index (χ3n) is 3.25. The Labute approximate surface area is 119 Å². The predicted octanol–water partition coefficient (Wildman–Crippen LogP) is 3.62. The maximum absolute atomic E-state index is 4.67. The first-order valence-electron chi connectivity index (χ1n) is 7.13. The summed E-state index contributed by atoms with van der Waals surface area (Å²) < 4.78 is 2.13. The molecule has 2 aromatic heterocycles. The summed E-state index contributed by atoms with van der Waals surface area (Å²) in [6.45, 7) is 8.46. The molecule has 1 atom stereocenters. The lowest BCUT2D eigenvalue weighted by Gasteiger charge is -2.18. The van der Waals surface area contributed by atoms with Gasteiger partial charge in [0, 0.05) is 11.4 Å². The molecular weight excluding hydrogens is 254 g/mol. The second kappa shape index (κ2) is 6.87. The van der Waals surface area contributed by atoms with Gasteiger partial charge in [0.15, 0.2) is 0 Å². The molecule has 104 valence electrons. The molecule has 3 nitrogen and oxygen atoms in total. The zero-order valence-corrected chi connectivity index (χ0v) is 12.8. The van der Waals surface area contributed by atoms with E-state index in [1.54, 1.807) is 0 Å². The van der Waals surface area contributed by atoms with E-state index in [2.05, 4.69) is 59.4 Å². The van der Waals surface area contributed by atoms with Gasteiger partial charge in [-0.1, -0.05) is 19.9 Å². The maximum Gasteiger partial charge on any atom is 0.0841 e. The number of nitrogens with zero attached hydrogens (tertiary/aromatic N) is 2. The molecule has 0 bridgehead atoms. The molecule has 0 amide bonds. The fourth-order valence-electron chi connectivity index (χ4n) is 2.24. The van der Waals surface area contributed by atoms with Crippen LogP contribution in [0.3, 0.4) is 0 Å². The van der Waals surface area contributed by atoms with Crippen LogP contribution in [0.1, 0.15) is 49.5 Å². The minimum Gasteiger partial charge on any atom is -0.304 e. The molecule has 1 unspecified atom stereocenters. The average molecular weight is 277 g/mol. The van der Waals surface area contributed by atoms with Crippen molar-refractivity contribution in [2.24, 2.45) is 0 Å². The highest BCUT2D eigenvalue weighted by atomic mass is 32.1. The third kappa shape index (κ3) is 3.25. The van der Waals surface area contributed by atoms with Crippen LogP contribution in [0.2, 0.25) is 0 Å². The molecule has 19 heavy (non-hydrogen) atoms. The molecule has 0 radical (unpaired) electrons. The van der Waals surface area contributed by atoms with E-state index < -0.39 is 0 Å². The fourth-order valence-corrected chi connectivity index (χ4v) is 3.05. The number of hydrogen-bond donors (Lipinski definition) is 1. The SMILES string of the molecule is CCCNC(c1cccs1)c1cc(CC)nn1CC. The fraction of sp³-hybridized carbons (Fsp3) is 0.533. The second-order valence-electron chi connectivity index (χ2n) is 4.63. The molecule has 2 heterocycles. The number of hydrogen-bond acceptors (Lipinski definition) is 3. The van der Waals surface area contributed by atoms with Crippen LogP contribution >= 0.6 is 11.3 Å². The van der Waals surface area contributed by atoms with Crippen LogP contribution in [0.15, 0.2) is 23.6 Å². The average Bonchev–Trinajstić information content (AvgIpc) is 3.08. The maximum atomic E-state index is 4.67. The van der Waals surface area contributed by atoms with Gasteiger partial charge >= 0.3 is 0 Å². The summed E-state index contributed by atoms with van der Waals surface area (Å²) in [7, 11) is 0. The van der Waals surface area contributed by atoms with Gasteiger partial charge in [-0.15, -0.1) is 11.3 Å². The Kier molecular flexibility index (Phi) is 5.16. The van der Waals surface area contributed by atoms with Crippen molar-refractivity contribution in [3.8, 4) is 0 Å². The van der Waals surface area contributed by atoms with E-state index in [9.17, 15) is 0 Å². The van der Waals surface area contributed by atoms with Crippen molar-refractivity contribution in [3.05, 3.63) is 39.8 Å². The van der Waals surface area contributed by atoms with Gasteiger partial charge in [0.25, 0.3) is 0 Å². The van der Waals surface area contributed by atoms with Crippen LogP contribution in [-0.2, 0) is 13.0 Å². The van der Waals surface area contributed by atoms with Crippen molar-refractivity contribution >= 4 is 11.3 Å². The minimum absolute atomic E-state index is 0.271. The molecule has 4 heteroatoms. The summed E-state index contributed by atoms with van der Waals surface area (Å²) >= 11 is 1.81. The third-order valence-corrected chi connectivity index (χ3v) is 4.18. The normalized spacial score (nSPS) is 12.8. The summed E-state index contributed by atoms with van der Waals surface area (Å²) in [6.07, 6.45) is 2.13. The molecule has 2 rings (SSSR count). The van der Waals surface area contributed by atoms with E-state index in [0.717, 1.165) is 25.9 Å². The molecule has 0 spiro atoms. The Morgan fingerprint density at radius 2 is 2.21 bits per heavy atom. The van der Waals surface area contributed by atoms with Crippen molar-refractivity contribution < 1.29 is 0 Å². The van der Waals surface area contributed by atoms with E-state index in [0.29, 0.717) is 0 Å². The van der Waals surface area contributed by atoms with Crippen LogP contribution in [0.25, 0.3) is 0 Å². The Morgan fingerprint density at radius 1 is 1.37 bits per heavy atom. The van der Waals surface area contributed by atoms with Crippen molar-refractivity contribution in [3.63, 3.8) is 0 Å². The van der Waals surface area contributed by atoms with Crippen LogP contribution in [0.5, 0.6) is 0 Å². The van der Waals surface area contributed by atoms with Crippen molar-refractivity contribution in [2.75, 3.05) is 6.54 Å². The highest BCUT2D eigenvalue weighted by Crippen LogP contribution is 2.26. The smallest absolute Gasteiger partial charge is 0.0841 e. The Hall–Kier alpha value is -1.13. The van der Waals surface area contributed by atoms with Crippen molar-refractivity contribution in [2.45, 2.75) is 46.2 Å². The molecule has 0 aromatic carbocycles. The van der Waals surface area contributed by atoms with Crippen LogP contribution in [0, 0.1) is 0 Å². The Balaban J connectivity index is 2.34. The van der Waals surface area contributed by atoms with Gasteiger partial charge in [-0.05, 0) is 43.8 Å². The molecule has 0 saturated carbocycles. The molecule has 0 aliphatic heterocycles. The first-order chi connectivity index (χ1) is 9.30. The lowest BCUT2D eigenvalue weighted by molar-refractivity contribution is 0.533. The molecule has 1 N–H and O–H groups in total. The lowest BCUT2D eigenvalue weighted by atomic mass is 10.1. The van der Waals surface area contributed by atoms with Gasteiger partial charge in [0.1, 0.15) is 0 Å². The number of thiophene rings is 1. The highest BCUT2D eigenvalue weighted by Gasteiger charge is 2.19. The molecule has 2 aromatic rings. The molecular formula is C15H23N3S. The number of aryl methyl sites for hydroxylation is 2. The van der Waals surface area contributed by atoms with Gasteiger partial charge in [0.2, 0.25) is 0 Å². The van der Waals surface area contributed by atoms with E-state index in [1.165, 1.54) is 16.3 Å². The van der Waals surface area contributed by atoms with Crippen molar-refractivity contribution in [1.29, 1.82) is 0 Å². The second-order valence-corrected chi connectivity index (χ2v) is 5.61. The van der Waals surface area contributed by atoms with Gasteiger partial charge in [-0.25, -0.2) is 0 Å². The van der Waals surface area contributed by atoms with Gasteiger partial charge < -0.3 is 5.32 Å². The highest BCUT2D eigenvalue weighted by molar-refractivity contribution is 7.10. The van der Waals surface area contributed by atoms with Crippen LogP contribution in [-0.4, -0.2) is 16.3 Å². The number of nitrogens with one attached hydrogen (secondary N) is 1. The molecule has 0 aliphatic carbocycles. The first-order valence-corrected chi connectivity index (χ1v) is 8.01. The van der Waals surface area contributed by atoms with E-state index in [-0.39, 0.29) is 6.04 Å². The monoisotopic (exact) mass is 277 g/mol. The van der Waals surface area contributed by atoms with Crippen molar-refractivity contribution in [1.82, 2.24) is 15.1 Å². The summed E-state index contributed by atoms with van der Waals surface area (Å²) in [5, 5.41) is 10.5. The largest absolute Gasteiger partial charge is 0.304 e. The molecule has 0 saturated heterocycles. The van der Waals surface area contributed by atoms with E-state index in [1.807, 2.05) is 11.3 Å². The number of aromatic nitrogens is 2. The summed E-state index contributed by atoms with van der Waals surface area (Å²) in [5.41, 5.74) is 2.46. The topological polar surface area (TPSA) is 29.9 Å². The Bertz CT molecular complexity index is 487.